The van der Waals surface area contributed by atoms with Gasteiger partial charge in [-0.2, -0.15) is 0 Å². The number of hydrogen-bond acceptors (Lipinski definition) is 5. The second kappa shape index (κ2) is 9.15. The zero-order chi connectivity index (χ0) is 20.9. The Balaban J connectivity index is 1.63. The molecule has 0 saturated carbocycles. The summed E-state index contributed by atoms with van der Waals surface area (Å²) in [6, 6.07) is 24.4. The smallest absolute Gasteiger partial charge is 0.196 e. The lowest BCUT2D eigenvalue weighted by molar-refractivity contribution is 0.102. The Hall–Kier alpha value is -3.09. The molecule has 0 N–H and O–H groups in total. The average Bonchev–Trinajstić information content (AvgIpc) is 3.22. The number of halogens is 1. The molecule has 0 aliphatic rings. The van der Waals surface area contributed by atoms with Crippen molar-refractivity contribution in [2.75, 3.05) is 12.9 Å². The van der Waals surface area contributed by atoms with E-state index in [1.807, 2.05) is 59.2 Å². The van der Waals surface area contributed by atoms with Gasteiger partial charge in [0.15, 0.2) is 16.8 Å². The highest BCUT2D eigenvalue weighted by atomic mass is 35.5. The fraction of sp³-hybridized carbons (Fsp3) is 0.0870. The van der Waals surface area contributed by atoms with Crippen molar-refractivity contribution in [3.05, 3.63) is 89.4 Å². The van der Waals surface area contributed by atoms with E-state index in [1.165, 1.54) is 11.8 Å². The first-order valence-corrected chi connectivity index (χ1v) is 10.6. The van der Waals surface area contributed by atoms with Gasteiger partial charge in [0.2, 0.25) is 0 Å². The summed E-state index contributed by atoms with van der Waals surface area (Å²) in [6.45, 7) is 0. The van der Waals surface area contributed by atoms with Gasteiger partial charge in [-0.25, -0.2) is 0 Å². The SMILES string of the molecule is COc1ccc(C(=O)CSc2nnc(-c3ccccc3)n2-c2ccc(Cl)cc2)cc1. The van der Waals surface area contributed by atoms with Crippen LogP contribution in [0, 0.1) is 0 Å². The molecule has 3 aromatic carbocycles. The summed E-state index contributed by atoms with van der Waals surface area (Å²) in [5, 5.41) is 10.0. The van der Waals surface area contributed by atoms with Gasteiger partial charge in [-0.05, 0) is 48.5 Å². The van der Waals surface area contributed by atoms with Gasteiger partial charge < -0.3 is 4.74 Å². The molecule has 4 rings (SSSR count). The number of rotatable bonds is 7. The summed E-state index contributed by atoms with van der Waals surface area (Å²) in [4.78, 5) is 12.7. The zero-order valence-electron chi connectivity index (χ0n) is 16.2. The third kappa shape index (κ3) is 4.40. The first-order valence-electron chi connectivity index (χ1n) is 9.22. The van der Waals surface area contributed by atoms with Crippen molar-refractivity contribution in [2.24, 2.45) is 0 Å². The van der Waals surface area contributed by atoms with Crippen LogP contribution >= 0.6 is 23.4 Å². The molecular formula is C23H18ClN3O2S. The summed E-state index contributed by atoms with van der Waals surface area (Å²) in [5.74, 6) is 1.67. The molecule has 5 nitrogen and oxygen atoms in total. The number of ether oxygens (including phenoxy) is 1. The number of ketones is 1. The Kier molecular flexibility index (Phi) is 6.16. The van der Waals surface area contributed by atoms with E-state index in [0.29, 0.717) is 27.3 Å². The predicted molar refractivity (Wildman–Crippen MR) is 120 cm³/mol. The molecule has 0 atom stereocenters. The lowest BCUT2D eigenvalue weighted by Crippen LogP contribution is -2.05. The Morgan fingerprint density at radius 3 is 2.33 bits per heavy atom. The van der Waals surface area contributed by atoms with Crippen molar-refractivity contribution in [2.45, 2.75) is 5.16 Å². The number of thioether (sulfide) groups is 1. The molecule has 150 valence electrons. The Morgan fingerprint density at radius 2 is 1.67 bits per heavy atom. The molecule has 0 unspecified atom stereocenters. The Morgan fingerprint density at radius 1 is 0.967 bits per heavy atom. The van der Waals surface area contributed by atoms with Crippen LogP contribution in [-0.2, 0) is 0 Å². The van der Waals surface area contributed by atoms with Gasteiger partial charge in [-0.1, -0.05) is 53.7 Å². The first kappa shape index (κ1) is 20.2. The van der Waals surface area contributed by atoms with E-state index < -0.39 is 0 Å². The maximum Gasteiger partial charge on any atom is 0.196 e. The molecule has 0 bridgehead atoms. The molecule has 1 aromatic heterocycles. The van der Waals surface area contributed by atoms with Crippen molar-refractivity contribution < 1.29 is 9.53 Å². The zero-order valence-corrected chi connectivity index (χ0v) is 17.7. The van der Waals surface area contributed by atoms with Gasteiger partial charge >= 0.3 is 0 Å². The van der Waals surface area contributed by atoms with Crippen LogP contribution in [0.5, 0.6) is 5.75 Å². The van der Waals surface area contributed by atoms with Gasteiger partial charge in [0.05, 0.1) is 12.9 Å². The van der Waals surface area contributed by atoms with E-state index in [2.05, 4.69) is 10.2 Å². The van der Waals surface area contributed by atoms with Gasteiger partial charge in [0.25, 0.3) is 0 Å². The molecule has 1 heterocycles. The molecule has 0 amide bonds. The maximum atomic E-state index is 12.7. The number of carbonyl (C=O) groups excluding carboxylic acids is 1. The molecule has 0 spiro atoms. The Labute approximate surface area is 183 Å². The predicted octanol–water partition coefficient (Wildman–Crippen LogP) is 5.57. The lowest BCUT2D eigenvalue weighted by atomic mass is 10.1. The Bertz CT molecular complexity index is 1140. The van der Waals surface area contributed by atoms with E-state index >= 15 is 0 Å². The number of Topliss-reactive ketones (excluding diaryl/α,β-unsaturated/α-hetero) is 1. The minimum absolute atomic E-state index is 0.00886. The third-order valence-electron chi connectivity index (χ3n) is 4.49. The van der Waals surface area contributed by atoms with E-state index in [4.69, 9.17) is 16.3 Å². The average molecular weight is 436 g/mol. The largest absolute Gasteiger partial charge is 0.497 e. The second-order valence-corrected chi connectivity index (χ2v) is 7.80. The van der Waals surface area contributed by atoms with Gasteiger partial charge in [-0.15, -0.1) is 10.2 Å². The maximum absolute atomic E-state index is 12.7. The van der Waals surface area contributed by atoms with Crippen molar-refractivity contribution in [1.82, 2.24) is 14.8 Å². The number of carbonyl (C=O) groups is 1. The van der Waals surface area contributed by atoms with Crippen molar-refractivity contribution >= 4 is 29.1 Å². The van der Waals surface area contributed by atoms with E-state index in [0.717, 1.165) is 11.3 Å². The molecule has 0 saturated heterocycles. The molecular weight excluding hydrogens is 418 g/mol. The van der Waals surface area contributed by atoms with Crippen LogP contribution in [0.4, 0.5) is 0 Å². The van der Waals surface area contributed by atoms with E-state index in [9.17, 15) is 4.79 Å². The monoisotopic (exact) mass is 435 g/mol. The molecule has 0 aliphatic carbocycles. The van der Waals surface area contributed by atoms with Crippen LogP contribution in [0.3, 0.4) is 0 Å². The van der Waals surface area contributed by atoms with Gasteiger partial charge in [0, 0.05) is 21.8 Å². The van der Waals surface area contributed by atoms with Crippen molar-refractivity contribution in [3.63, 3.8) is 0 Å². The van der Waals surface area contributed by atoms with Crippen LogP contribution in [0.1, 0.15) is 10.4 Å². The van der Waals surface area contributed by atoms with Crippen molar-refractivity contribution in [3.8, 4) is 22.8 Å². The normalized spacial score (nSPS) is 10.7. The van der Waals surface area contributed by atoms with Crippen LogP contribution in [0.15, 0.2) is 84.0 Å². The van der Waals surface area contributed by atoms with Crippen LogP contribution < -0.4 is 4.74 Å². The first-order chi connectivity index (χ1) is 14.7. The summed E-state index contributed by atoms with van der Waals surface area (Å²) in [6.07, 6.45) is 0. The van der Waals surface area contributed by atoms with Crippen LogP contribution in [0.2, 0.25) is 5.02 Å². The molecule has 0 fully saturated rings. The summed E-state index contributed by atoms with van der Waals surface area (Å²) >= 11 is 7.41. The van der Waals surface area contributed by atoms with Crippen LogP contribution in [0.25, 0.3) is 17.1 Å². The topological polar surface area (TPSA) is 57.0 Å². The quantitative estimate of drug-likeness (QED) is 0.280. The van der Waals surface area contributed by atoms with E-state index in [-0.39, 0.29) is 11.5 Å². The number of aromatic nitrogens is 3. The highest BCUT2D eigenvalue weighted by Crippen LogP contribution is 2.29. The fourth-order valence-corrected chi connectivity index (χ4v) is 3.92. The number of hydrogen-bond donors (Lipinski definition) is 0. The fourth-order valence-electron chi connectivity index (χ4n) is 2.95. The highest BCUT2D eigenvalue weighted by molar-refractivity contribution is 7.99. The summed E-state index contributed by atoms with van der Waals surface area (Å²) in [7, 11) is 1.60. The molecule has 7 heteroatoms. The number of methoxy groups -OCH3 is 1. The van der Waals surface area contributed by atoms with Crippen molar-refractivity contribution in [1.29, 1.82) is 0 Å². The minimum atomic E-state index is 0.00886. The standard InChI is InChI=1S/C23H18ClN3O2S/c1-29-20-13-7-16(8-14-20)21(28)15-30-23-26-25-22(17-5-3-2-4-6-17)27(23)19-11-9-18(24)10-12-19/h2-14H,15H2,1H3. The number of benzene rings is 3. The molecule has 0 aliphatic heterocycles. The summed E-state index contributed by atoms with van der Waals surface area (Å²) < 4.78 is 7.09. The van der Waals surface area contributed by atoms with E-state index in [1.54, 1.807) is 31.4 Å². The third-order valence-corrected chi connectivity index (χ3v) is 5.68. The number of nitrogens with zero attached hydrogens (tertiary/aromatic N) is 3. The molecule has 30 heavy (non-hydrogen) atoms. The highest BCUT2D eigenvalue weighted by Gasteiger charge is 2.17. The van der Waals surface area contributed by atoms with Gasteiger partial charge in [0.1, 0.15) is 5.75 Å². The molecule has 0 radical (unpaired) electrons. The minimum Gasteiger partial charge on any atom is -0.497 e. The van der Waals surface area contributed by atoms with Crippen LogP contribution in [-0.4, -0.2) is 33.4 Å². The summed E-state index contributed by atoms with van der Waals surface area (Å²) in [5.41, 5.74) is 2.44. The molecule has 4 aromatic rings. The lowest BCUT2D eigenvalue weighted by Gasteiger charge is -2.10. The second-order valence-electron chi connectivity index (χ2n) is 6.42. The van der Waals surface area contributed by atoms with Gasteiger partial charge in [-0.3, -0.25) is 9.36 Å².